The number of thiazole rings is 1. The van der Waals surface area contributed by atoms with Gasteiger partial charge in [0.2, 0.25) is 11.8 Å². The van der Waals surface area contributed by atoms with E-state index in [1.54, 1.807) is 18.3 Å². The zero-order valence-electron chi connectivity index (χ0n) is 11.1. The summed E-state index contributed by atoms with van der Waals surface area (Å²) in [6.07, 6.45) is 0. The first-order valence-electron chi connectivity index (χ1n) is 6.18. The van der Waals surface area contributed by atoms with E-state index in [-0.39, 0.29) is 19.0 Å². The van der Waals surface area contributed by atoms with E-state index >= 15 is 0 Å². The minimum absolute atomic E-state index is 0.101. The Bertz CT molecular complexity index is 705. The molecule has 3 amide bonds. The summed E-state index contributed by atoms with van der Waals surface area (Å²) < 4.78 is 0. The summed E-state index contributed by atoms with van der Waals surface area (Å²) in [5.74, 6) is -1.24. The lowest BCUT2D eigenvalue weighted by molar-refractivity contribution is -0.135. The Morgan fingerprint density at radius 1 is 1.33 bits per heavy atom. The van der Waals surface area contributed by atoms with Crippen LogP contribution in [0, 0.1) is 6.92 Å². The van der Waals surface area contributed by atoms with Crippen LogP contribution >= 0.6 is 22.7 Å². The number of carbonyl (C=O) groups is 3. The number of piperazine rings is 1. The van der Waals surface area contributed by atoms with E-state index in [4.69, 9.17) is 0 Å². The molecule has 0 saturated carbocycles. The molecule has 0 aliphatic carbocycles. The molecule has 2 aromatic heterocycles. The zero-order valence-corrected chi connectivity index (χ0v) is 12.7. The Morgan fingerprint density at radius 3 is 2.67 bits per heavy atom. The highest BCUT2D eigenvalue weighted by atomic mass is 32.1. The van der Waals surface area contributed by atoms with Crippen molar-refractivity contribution in [3.8, 4) is 9.88 Å². The predicted octanol–water partition coefficient (Wildman–Crippen LogP) is 1.28. The van der Waals surface area contributed by atoms with Gasteiger partial charge in [0, 0.05) is 0 Å². The fraction of sp³-hybridized carbons (Fsp3) is 0.231. The van der Waals surface area contributed by atoms with Crippen molar-refractivity contribution in [2.75, 3.05) is 13.1 Å². The van der Waals surface area contributed by atoms with Crippen LogP contribution in [-0.4, -0.2) is 40.7 Å². The van der Waals surface area contributed by atoms with Gasteiger partial charge in [0.1, 0.15) is 23.0 Å². The number of amides is 3. The SMILES string of the molecule is Cc1nc(-c2cccs2)sc1C(=O)N1CC(=O)NC(=O)C1. The summed E-state index contributed by atoms with van der Waals surface area (Å²) in [5.41, 5.74) is 0.617. The predicted molar refractivity (Wildman–Crippen MR) is 79.2 cm³/mol. The van der Waals surface area contributed by atoms with Crippen molar-refractivity contribution >= 4 is 40.4 Å². The van der Waals surface area contributed by atoms with Crippen molar-refractivity contribution in [2.24, 2.45) is 0 Å². The molecule has 0 aromatic carbocycles. The van der Waals surface area contributed by atoms with E-state index in [2.05, 4.69) is 10.3 Å². The van der Waals surface area contributed by atoms with Crippen LogP contribution in [-0.2, 0) is 9.59 Å². The number of nitrogens with one attached hydrogen (secondary N) is 1. The number of thiophene rings is 1. The van der Waals surface area contributed by atoms with E-state index in [1.165, 1.54) is 16.2 Å². The lowest BCUT2D eigenvalue weighted by atomic mass is 10.3. The first kappa shape index (κ1) is 13.9. The van der Waals surface area contributed by atoms with Crippen molar-refractivity contribution in [3.63, 3.8) is 0 Å². The van der Waals surface area contributed by atoms with Crippen molar-refractivity contribution in [2.45, 2.75) is 6.92 Å². The summed E-state index contributed by atoms with van der Waals surface area (Å²) in [7, 11) is 0. The fourth-order valence-corrected chi connectivity index (χ4v) is 3.86. The van der Waals surface area contributed by atoms with Gasteiger partial charge in [-0.2, -0.15) is 0 Å². The third-order valence-corrected chi connectivity index (χ3v) is 5.14. The molecule has 108 valence electrons. The van der Waals surface area contributed by atoms with Crippen LogP contribution in [0.15, 0.2) is 17.5 Å². The molecule has 3 rings (SSSR count). The molecule has 1 fully saturated rings. The van der Waals surface area contributed by atoms with Crippen molar-refractivity contribution in [1.29, 1.82) is 0 Å². The van der Waals surface area contributed by atoms with E-state index in [0.717, 1.165) is 9.88 Å². The summed E-state index contributed by atoms with van der Waals surface area (Å²) in [6.45, 7) is 1.55. The van der Waals surface area contributed by atoms with Gasteiger partial charge in [-0.25, -0.2) is 4.98 Å². The Hall–Kier alpha value is -2.06. The van der Waals surface area contributed by atoms with Gasteiger partial charge < -0.3 is 4.90 Å². The lowest BCUT2D eigenvalue weighted by Crippen LogP contribution is -2.53. The number of nitrogens with zero attached hydrogens (tertiary/aromatic N) is 2. The normalized spacial score (nSPS) is 15.2. The standard InChI is InChI=1S/C13H11N3O3S2/c1-7-11(21-12(14-7)8-3-2-4-20-8)13(19)16-5-9(17)15-10(18)6-16/h2-4H,5-6H2,1H3,(H,15,17,18). The average Bonchev–Trinajstić information content (AvgIpc) is 3.05. The zero-order chi connectivity index (χ0) is 15.0. The summed E-state index contributed by atoms with van der Waals surface area (Å²) in [4.78, 5) is 42.3. The highest BCUT2D eigenvalue weighted by molar-refractivity contribution is 7.22. The van der Waals surface area contributed by atoms with Crippen LogP contribution in [0.5, 0.6) is 0 Å². The molecule has 1 N–H and O–H groups in total. The highest BCUT2D eigenvalue weighted by Gasteiger charge is 2.29. The first-order valence-corrected chi connectivity index (χ1v) is 7.87. The molecule has 0 spiro atoms. The minimum Gasteiger partial charge on any atom is -0.319 e. The fourth-order valence-electron chi connectivity index (χ4n) is 2.02. The Balaban J connectivity index is 1.88. The van der Waals surface area contributed by atoms with Crippen LogP contribution in [0.1, 0.15) is 15.4 Å². The van der Waals surface area contributed by atoms with Crippen molar-refractivity contribution in [3.05, 3.63) is 28.1 Å². The Labute approximate surface area is 128 Å². The average molecular weight is 321 g/mol. The molecule has 1 aliphatic heterocycles. The molecule has 8 heteroatoms. The van der Waals surface area contributed by atoms with Crippen LogP contribution in [0.25, 0.3) is 9.88 Å². The maximum atomic E-state index is 12.5. The lowest BCUT2D eigenvalue weighted by Gasteiger charge is -2.24. The molecule has 21 heavy (non-hydrogen) atoms. The molecule has 6 nitrogen and oxygen atoms in total. The van der Waals surface area contributed by atoms with Crippen LogP contribution < -0.4 is 5.32 Å². The number of aryl methyl sites for hydroxylation is 1. The van der Waals surface area contributed by atoms with Gasteiger partial charge >= 0.3 is 0 Å². The van der Waals surface area contributed by atoms with E-state index in [1.807, 2.05) is 17.5 Å². The van der Waals surface area contributed by atoms with Crippen LogP contribution in [0.3, 0.4) is 0 Å². The molecular weight excluding hydrogens is 310 g/mol. The van der Waals surface area contributed by atoms with Crippen molar-refractivity contribution < 1.29 is 14.4 Å². The number of rotatable bonds is 2. The summed E-state index contributed by atoms with van der Waals surface area (Å²) in [6, 6.07) is 3.86. The van der Waals surface area contributed by atoms with E-state index < -0.39 is 11.8 Å². The molecule has 1 aliphatic rings. The molecule has 0 bridgehead atoms. The number of hydrogen-bond acceptors (Lipinski definition) is 6. The number of carbonyl (C=O) groups excluding carboxylic acids is 3. The van der Waals surface area contributed by atoms with Gasteiger partial charge in [0.15, 0.2) is 0 Å². The molecule has 0 unspecified atom stereocenters. The number of hydrogen-bond donors (Lipinski definition) is 1. The van der Waals surface area contributed by atoms with Crippen LogP contribution in [0.4, 0.5) is 0 Å². The maximum Gasteiger partial charge on any atom is 0.266 e. The highest BCUT2D eigenvalue weighted by Crippen LogP contribution is 2.31. The second-order valence-electron chi connectivity index (χ2n) is 4.54. The summed E-state index contributed by atoms with van der Waals surface area (Å²) in [5, 5.41) is 4.90. The molecular formula is C13H11N3O3S2. The van der Waals surface area contributed by atoms with Gasteiger partial charge in [-0.15, -0.1) is 22.7 Å². The smallest absolute Gasteiger partial charge is 0.266 e. The second kappa shape index (κ2) is 5.38. The minimum atomic E-state index is -0.458. The van der Waals surface area contributed by atoms with E-state index in [0.29, 0.717) is 10.6 Å². The molecule has 0 atom stereocenters. The van der Waals surface area contributed by atoms with Gasteiger partial charge in [-0.3, -0.25) is 19.7 Å². The van der Waals surface area contributed by atoms with Gasteiger partial charge in [-0.05, 0) is 18.4 Å². The molecule has 1 saturated heterocycles. The molecule has 2 aromatic rings. The first-order chi connectivity index (χ1) is 10.0. The topological polar surface area (TPSA) is 79.4 Å². The van der Waals surface area contributed by atoms with Gasteiger partial charge in [0.05, 0.1) is 10.6 Å². The molecule has 0 radical (unpaired) electrons. The van der Waals surface area contributed by atoms with Gasteiger partial charge in [-0.1, -0.05) is 6.07 Å². The third-order valence-electron chi connectivity index (χ3n) is 2.96. The Morgan fingerprint density at radius 2 is 2.05 bits per heavy atom. The summed E-state index contributed by atoms with van der Waals surface area (Å²) >= 11 is 2.84. The number of aromatic nitrogens is 1. The van der Waals surface area contributed by atoms with Crippen molar-refractivity contribution in [1.82, 2.24) is 15.2 Å². The third kappa shape index (κ3) is 2.72. The monoisotopic (exact) mass is 321 g/mol. The maximum absolute atomic E-state index is 12.5. The quantitative estimate of drug-likeness (QED) is 0.845. The number of imide groups is 1. The van der Waals surface area contributed by atoms with Crippen LogP contribution in [0.2, 0.25) is 0 Å². The van der Waals surface area contributed by atoms with Gasteiger partial charge in [0.25, 0.3) is 5.91 Å². The second-order valence-corrected chi connectivity index (χ2v) is 6.49. The Kier molecular flexibility index (Phi) is 3.56. The molecule has 3 heterocycles. The largest absolute Gasteiger partial charge is 0.319 e. The van der Waals surface area contributed by atoms with E-state index in [9.17, 15) is 14.4 Å².